The second-order valence-corrected chi connectivity index (χ2v) is 10.5. The number of esters is 2. The van der Waals surface area contributed by atoms with Crippen molar-refractivity contribution in [2.45, 2.75) is 78.8 Å². The van der Waals surface area contributed by atoms with Crippen LogP contribution in [0.25, 0.3) is 5.57 Å². The molecule has 0 spiro atoms. The molecule has 0 radical (unpaired) electrons. The Hall–Kier alpha value is -3.10. The maximum absolute atomic E-state index is 13.4. The predicted octanol–water partition coefficient (Wildman–Crippen LogP) is 5.22. The number of carbonyl (C=O) groups is 3. The SMILES string of the molecule is CC(=O)N[C@H]1C=C(c2ccc(C(F)(F)F)cc2)C(C(=O)OC(C)(C)C)=C(C(=O)OC(C)(C)C)[C@H]1C. The topological polar surface area (TPSA) is 81.7 Å². The van der Waals surface area contributed by atoms with Crippen LogP contribution < -0.4 is 5.32 Å². The number of amides is 1. The lowest BCUT2D eigenvalue weighted by atomic mass is 9.78. The van der Waals surface area contributed by atoms with Crippen LogP contribution in [0.15, 0.2) is 41.5 Å². The van der Waals surface area contributed by atoms with E-state index in [-0.39, 0.29) is 28.2 Å². The van der Waals surface area contributed by atoms with Gasteiger partial charge >= 0.3 is 18.1 Å². The summed E-state index contributed by atoms with van der Waals surface area (Å²) in [6.45, 7) is 13.0. The van der Waals surface area contributed by atoms with Gasteiger partial charge in [-0.25, -0.2) is 9.59 Å². The smallest absolute Gasteiger partial charge is 0.416 e. The van der Waals surface area contributed by atoms with Crippen molar-refractivity contribution in [3.05, 3.63) is 52.6 Å². The van der Waals surface area contributed by atoms with E-state index >= 15 is 0 Å². The molecule has 0 saturated heterocycles. The Labute approximate surface area is 203 Å². The molecule has 1 N–H and O–H groups in total. The molecule has 192 valence electrons. The van der Waals surface area contributed by atoms with Gasteiger partial charge in [0.2, 0.25) is 5.91 Å². The Balaban J connectivity index is 2.79. The van der Waals surface area contributed by atoms with Crippen molar-refractivity contribution < 1.29 is 37.0 Å². The van der Waals surface area contributed by atoms with Crippen LogP contribution in [-0.4, -0.2) is 35.1 Å². The van der Waals surface area contributed by atoms with Crippen LogP contribution in [0.2, 0.25) is 0 Å². The molecular formula is C26H32F3NO5. The summed E-state index contributed by atoms with van der Waals surface area (Å²) in [5.74, 6) is -2.67. The van der Waals surface area contributed by atoms with Gasteiger partial charge < -0.3 is 14.8 Å². The molecule has 9 heteroatoms. The lowest BCUT2D eigenvalue weighted by Gasteiger charge is -2.33. The van der Waals surface area contributed by atoms with Crippen molar-refractivity contribution in [2.75, 3.05) is 0 Å². The van der Waals surface area contributed by atoms with Crippen molar-refractivity contribution in [3.8, 4) is 0 Å². The first-order valence-corrected chi connectivity index (χ1v) is 11.2. The molecule has 35 heavy (non-hydrogen) atoms. The summed E-state index contributed by atoms with van der Waals surface area (Å²) in [5, 5.41) is 2.73. The number of alkyl halides is 3. The first-order chi connectivity index (χ1) is 15.8. The average Bonchev–Trinajstić information content (AvgIpc) is 2.65. The Bertz CT molecular complexity index is 1050. The quantitative estimate of drug-likeness (QED) is 0.579. The number of halogens is 3. The lowest BCUT2D eigenvalue weighted by molar-refractivity contribution is -0.153. The Morgan fingerprint density at radius 1 is 0.857 bits per heavy atom. The molecule has 6 nitrogen and oxygen atoms in total. The van der Waals surface area contributed by atoms with Gasteiger partial charge in [-0.15, -0.1) is 0 Å². The molecule has 2 atom stereocenters. The van der Waals surface area contributed by atoms with Gasteiger partial charge in [-0.05, 0) is 64.8 Å². The fourth-order valence-corrected chi connectivity index (χ4v) is 3.61. The number of hydrogen-bond acceptors (Lipinski definition) is 5. The van der Waals surface area contributed by atoms with Gasteiger partial charge in [0, 0.05) is 12.8 Å². The van der Waals surface area contributed by atoms with Gasteiger partial charge in [-0.1, -0.05) is 25.1 Å². The highest BCUT2D eigenvalue weighted by molar-refractivity contribution is 6.14. The van der Waals surface area contributed by atoms with E-state index in [1.54, 1.807) is 54.5 Å². The molecule has 1 aliphatic carbocycles. The molecule has 1 amide bonds. The fourth-order valence-electron chi connectivity index (χ4n) is 3.61. The minimum absolute atomic E-state index is 0.0228. The number of hydrogen-bond donors (Lipinski definition) is 1. The van der Waals surface area contributed by atoms with E-state index in [4.69, 9.17) is 9.47 Å². The minimum Gasteiger partial charge on any atom is -0.457 e. The number of rotatable bonds is 4. The number of carbonyl (C=O) groups excluding carboxylic acids is 3. The zero-order valence-corrected chi connectivity index (χ0v) is 21.2. The monoisotopic (exact) mass is 495 g/mol. The lowest BCUT2D eigenvalue weighted by Crippen LogP contribution is -2.43. The van der Waals surface area contributed by atoms with E-state index in [1.165, 1.54) is 19.1 Å². The first kappa shape index (κ1) is 28.1. The highest BCUT2D eigenvalue weighted by Gasteiger charge is 2.40. The largest absolute Gasteiger partial charge is 0.457 e. The van der Waals surface area contributed by atoms with E-state index in [0.29, 0.717) is 0 Å². The first-order valence-electron chi connectivity index (χ1n) is 11.2. The van der Waals surface area contributed by atoms with Crippen LogP contribution in [0.1, 0.15) is 66.5 Å². The zero-order valence-electron chi connectivity index (χ0n) is 21.2. The molecule has 0 fully saturated rings. The molecule has 1 aliphatic rings. The van der Waals surface area contributed by atoms with Crippen molar-refractivity contribution in [1.82, 2.24) is 5.32 Å². The summed E-state index contributed by atoms with van der Waals surface area (Å²) in [7, 11) is 0. The molecule has 0 unspecified atom stereocenters. The zero-order chi connectivity index (χ0) is 26.9. The predicted molar refractivity (Wildman–Crippen MR) is 125 cm³/mol. The second kappa shape index (κ2) is 9.87. The van der Waals surface area contributed by atoms with Crippen LogP contribution in [0.5, 0.6) is 0 Å². The van der Waals surface area contributed by atoms with Crippen molar-refractivity contribution in [2.24, 2.45) is 5.92 Å². The van der Waals surface area contributed by atoms with Crippen LogP contribution in [0.4, 0.5) is 13.2 Å². The summed E-state index contributed by atoms with van der Waals surface area (Å²) < 4.78 is 50.5. The Kier molecular flexibility index (Phi) is 7.94. The van der Waals surface area contributed by atoms with E-state index < -0.39 is 46.8 Å². The van der Waals surface area contributed by atoms with Crippen LogP contribution >= 0.6 is 0 Å². The van der Waals surface area contributed by atoms with Gasteiger partial charge in [-0.3, -0.25) is 4.79 Å². The third-order valence-corrected chi connectivity index (χ3v) is 4.99. The van der Waals surface area contributed by atoms with E-state index in [2.05, 4.69) is 5.32 Å². The molecule has 0 aromatic heterocycles. The molecular weight excluding hydrogens is 463 g/mol. The number of nitrogens with one attached hydrogen (secondary N) is 1. The van der Waals surface area contributed by atoms with Crippen LogP contribution in [-0.2, 0) is 30.0 Å². The molecule has 0 heterocycles. The van der Waals surface area contributed by atoms with E-state index in [1.807, 2.05) is 0 Å². The van der Waals surface area contributed by atoms with Crippen LogP contribution in [0.3, 0.4) is 0 Å². The summed E-state index contributed by atoms with van der Waals surface area (Å²) in [4.78, 5) is 38.6. The van der Waals surface area contributed by atoms with Crippen molar-refractivity contribution in [3.63, 3.8) is 0 Å². The third kappa shape index (κ3) is 7.44. The van der Waals surface area contributed by atoms with E-state index in [0.717, 1.165) is 12.1 Å². The third-order valence-electron chi connectivity index (χ3n) is 4.99. The molecule has 1 aromatic carbocycles. The molecule has 0 bridgehead atoms. The summed E-state index contributed by atoms with van der Waals surface area (Å²) in [5.41, 5.74) is -2.37. The number of benzene rings is 1. The standard InChI is InChI=1S/C26H32F3NO5/c1-14-19(30-15(2)31)13-18(16-9-11-17(12-10-16)26(27,28)29)21(23(33)35-25(6,7)8)20(14)22(32)34-24(3,4)5/h9-14,19H,1-8H3,(H,30,31)/t14-,19-/m0/s1. The molecule has 2 rings (SSSR count). The normalized spacial score (nSPS) is 19.1. The fraction of sp³-hybridized carbons (Fsp3) is 0.500. The second-order valence-electron chi connectivity index (χ2n) is 10.5. The minimum atomic E-state index is -4.54. The van der Waals surface area contributed by atoms with Gasteiger partial charge in [0.25, 0.3) is 0 Å². The maximum Gasteiger partial charge on any atom is 0.416 e. The molecule has 0 saturated carbocycles. The van der Waals surface area contributed by atoms with Crippen LogP contribution in [0, 0.1) is 5.92 Å². The molecule has 0 aliphatic heterocycles. The van der Waals surface area contributed by atoms with Gasteiger partial charge in [0.15, 0.2) is 0 Å². The molecule has 1 aromatic rings. The van der Waals surface area contributed by atoms with Crippen molar-refractivity contribution in [1.29, 1.82) is 0 Å². The van der Waals surface area contributed by atoms with Gasteiger partial charge in [-0.2, -0.15) is 13.2 Å². The number of ether oxygens (including phenoxy) is 2. The Morgan fingerprint density at radius 2 is 1.34 bits per heavy atom. The van der Waals surface area contributed by atoms with Gasteiger partial charge in [0.05, 0.1) is 22.8 Å². The van der Waals surface area contributed by atoms with E-state index in [9.17, 15) is 27.6 Å². The van der Waals surface area contributed by atoms with Gasteiger partial charge in [0.1, 0.15) is 11.2 Å². The summed E-state index contributed by atoms with van der Waals surface area (Å²) in [6.07, 6.45) is -2.99. The van der Waals surface area contributed by atoms with Crippen molar-refractivity contribution >= 4 is 23.4 Å². The highest BCUT2D eigenvalue weighted by Crippen LogP contribution is 2.39. The summed E-state index contributed by atoms with van der Waals surface area (Å²) in [6, 6.07) is 3.49. The maximum atomic E-state index is 13.4. The Morgan fingerprint density at radius 3 is 1.77 bits per heavy atom. The average molecular weight is 496 g/mol. The summed E-state index contributed by atoms with van der Waals surface area (Å²) >= 11 is 0. The highest BCUT2D eigenvalue weighted by atomic mass is 19.4.